The third-order valence-corrected chi connectivity index (χ3v) is 5.19. The number of aromatic nitrogens is 2. The van der Waals surface area contributed by atoms with E-state index in [-0.39, 0.29) is 6.04 Å². The van der Waals surface area contributed by atoms with Crippen LogP contribution in [0.3, 0.4) is 0 Å². The topological polar surface area (TPSA) is 30.2 Å². The minimum absolute atomic E-state index is 0.174. The zero-order valence-electron chi connectivity index (χ0n) is 14.5. The first kappa shape index (κ1) is 16.5. The van der Waals surface area contributed by atoms with Crippen molar-refractivity contribution >= 4 is 17.0 Å². The molecule has 2 heterocycles. The number of nitrogens with zero attached hydrogens (tertiary/aromatic N) is 3. The summed E-state index contributed by atoms with van der Waals surface area (Å²) in [6.07, 6.45) is 3.56. The Morgan fingerprint density at radius 3 is 2.35 bits per heavy atom. The zero-order chi connectivity index (χ0) is 17.8. The van der Waals surface area contributed by atoms with Crippen LogP contribution >= 0.6 is 11.3 Å². The summed E-state index contributed by atoms with van der Waals surface area (Å²) in [4.78, 5) is 10.00. The van der Waals surface area contributed by atoms with Crippen LogP contribution in [0.4, 0.5) is 5.69 Å². The van der Waals surface area contributed by atoms with Crippen LogP contribution in [0.1, 0.15) is 18.5 Å². The second-order valence-electron chi connectivity index (χ2n) is 6.05. The van der Waals surface area contributed by atoms with Crippen molar-refractivity contribution in [1.29, 1.82) is 0 Å². The van der Waals surface area contributed by atoms with Crippen LogP contribution in [-0.4, -0.2) is 9.55 Å². The second-order valence-corrected chi connectivity index (χ2v) is 6.89. The van der Waals surface area contributed by atoms with Crippen LogP contribution < -0.4 is 4.80 Å². The number of pyridine rings is 1. The van der Waals surface area contributed by atoms with Crippen molar-refractivity contribution in [2.45, 2.75) is 13.0 Å². The van der Waals surface area contributed by atoms with Crippen LogP contribution in [0, 0.1) is 0 Å². The van der Waals surface area contributed by atoms with Gasteiger partial charge in [-0.15, -0.1) is 11.3 Å². The lowest BCUT2D eigenvalue weighted by Crippen LogP contribution is -2.20. The highest BCUT2D eigenvalue weighted by Crippen LogP contribution is 2.27. The minimum atomic E-state index is 0.174. The van der Waals surface area contributed by atoms with E-state index >= 15 is 0 Å². The summed E-state index contributed by atoms with van der Waals surface area (Å²) in [5.74, 6) is 0. The molecular formula is C22H19N3S. The Hall–Kier alpha value is -2.98. The van der Waals surface area contributed by atoms with E-state index in [1.807, 2.05) is 24.3 Å². The molecule has 1 unspecified atom stereocenters. The summed E-state index contributed by atoms with van der Waals surface area (Å²) in [6, 6.07) is 25.1. The Bertz CT molecular complexity index is 1030. The van der Waals surface area contributed by atoms with Crippen molar-refractivity contribution in [3.05, 3.63) is 101 Å². The Balaban J connectivity index is 1.91. The lowest BCUT2D eigenvalue weighted by molar-refractivity contribution is 0.628. The van der Waals surface area contributed by atoms with E-state index in [4.69, 9.17) is 4.99 Å². The zero-order valence-corrected chi connectivity index (χ0v) is 15.3. The average Bonchev–Trinajstić information content (AvgIpc) is 3.13. The van der Waals surface area contributed by atoms with E-state index in [0.717, 1.165) is 10.5 Å². The van der Waals surface area contributed by atoms with Gasteiger partial charge < -0.3 is 4.57 Å². The fourth-order valence-electron chi connectivity index (χ4n) is 3.01. The van der Waals surface area contributed by atoms with E-state index in [0.29, 0.717) is 0 Å². The molecule has 128 valence electrons. The predicted molar refractivity (Wildman–Crippen MR) is 107 cm³/mol. The van der Waals surface area contributed by atoms with E-state index in [1.54, 1.807) is 23.7 Å². The highest BCUT2D eigenvalue weighted by atomic mass is 32.1. The van der Waals surface area contributed by atoms with Gasteiger partial charge in [-0.05, 0) is 30.2 Å². The first-order chi connectivity index (χ1) is 12.8. The first-order valence-electron chi connectivity index (χ1n) is 8.58. The molecule has 0 N–H and O–H groups in total. The number of thiazole rings is 1. The quantitative estimate of drug-likeness (QED) is 0.477. The van der Waals surface area contributed by atoms with Crippen LogP contribution in [0.25, 0.3) is 11.3 Å². The number of benzene rings is 2. The molecule has 0 aliphatic carbocycles. The summed E-state index contributed by atoms with van der Waals surface area (Å²) in [7, 11) is 0. The van der Waals surface area contributed by atoms with Crippen molar-refractivity contribution < 1.29 is 0 Å². The highest BCUT2D eigenvalue weighted by molar-refractivity contribution is 7.07. The van der Waals surface area contributed by atoms with Crippen molar-refractivity contribution in [3.63, 3.8) is 0 Å². The molecule has 2 aromatic heterocycles. The van der Waals surface area contributed by atoms with Crippen LogP contribution in [-0.2, 0) is 0 Å². The molecule has 0 radical (unpaired) electrons. The fraction of sp³-hybridized carbons (Fsp3) is 0.0909. The van der Waals surface area contributed by atoms with E-state index < -0.39 is 0 Å². The molecule has 1 atom stereocenters. The maximum Gasteiger partial charge on any atom is 0.191 e. The SMILES string of the molecule is CC(c1ccccc1)n1c(-c2ccccc2)csc1=Nc1cccnc1. The molecule has 0 spiro atoms. The molecule has 4 aromatic rings. The molecule has 0 fully saturated rings. The average molecular weight is 357 g/mol. The van der Waals surface area contributed by atoms with Gasteiger partial charge in [0.15, 0.2) is 4.80 Å². The molecule has 0 saturated heterocycles. The Morgan fingerprint density at radius 2 is 1.65 bits per heavy atom. The molecular weight excluding hydrogens is 338 g/mol. The van der Waals surface area contributed by atoms with Gasteiger partial charge >= 0.3 is 0 Å². The maximum absolute atomic E-state index is 4.85. The lowest BCUT2D eigenvalue weighted by Gasteiger charge is -2.18. The second kappa shape index (κ2) is 7.50. The normalized spacial score (nSPS) is 12.9. The smallest absolute Gasteiger partial charge is 0.191 e. The van der Waals surface area contributed by atoms with Crippen molar-refractivity contribution in [2.75, 3.05) is 0 Å². The van der Waals surface area contributed by atoms with Crippen molar-refractivity contribution in [2.24, 2.45) is 4.99 Å². The first-order valence-corrected chi connectivity index (χ1v) is 9.46. The molecule has 3 nitrogen and oxygen atoms in total. The summed E-state index contributed by atoms with van der Waals surface area (Å²) in [5.41, 5.74) is 4.49. The number of hydrogen-bond acceptors (Lipinski definition) is 3. The van der Waals surface area contributed by atoms with Gasteiger partial charge in [-0.1, -0.05) is 60.7 Å². The van der Waals surface area contributed by atoms with Crippen molar-refractivity contribution in [1.82, 2.24) is 9.55 Å². The molecule has 0 amide bonds. The molecule has 2 aromatic carbocycles. The Morgan fingerprint density at radius 1 is 0.923 bits per heavy atom. The highest BCUT2D eigenvalue weighted by Gasteiger charge is 2.15. The Kier molecular flexibility index (Phi) is 4.75. The van der Waals surface area contributed by atoms with Crippen LogP contribution in [0.5, 0.6) is 0 Å². The molecule has 0 aliphatic rings. The summed E-state index contributed by atoms with van der Waals surface area (Å²) < 4.78 is 2.31. The molecule has 26 heavy (non-hydrogen) atoms. The monoisotopic (exact) mass is 357 g/mol. The van der Waals surface area contributed by atoms with E-state index in [2.05, 4.69) is 70.4 Å². The van der Waals surface area contributed by atoms with E-state index in [9.17, 15) is 0 Å². The lowest BCUT2D eigenvalue weighted by atomic mass is 10.1. The van der Waals surface area contributed by atoms with Gasteiger partial charge in [-0.2, -0.15) is 0 Å². The molecule has 0 aliphatic heterocycles. The summed E-state index contributed by atoms with van der Waals surface area (Å²) in [5, 5.41) is 2.18. The van der Waals surface area contributed by atoms with Crippen LogP contribution in [0.2, 0.25) is 0 Å². The van der Waals surface area contributed by atoms with Gasteiger partial charge in [0.1, 0.15) is 0 Å². The third-order valence-electron chi connectivity index (χ3n) is 4.35. The fourth-order valence-corrected chi connectivity index (χ4v) is 4.00. The molecule has 4 rings (SSSR count). The van der Waals surface area contributed by atoms with Gasteiger partial charge in [0.25, 0.3) is 0 Å². The Labute approximate surface area is 157 Å². The van der Waals surface area contributed by atoms with Gasteiger partial charge in [0.05, 0.1) is 23.6 Å². The minimum Gasteiger partial charge on any atom is -0.309 e. The summed E-state index contributed by atoms with van der Waals surface area (Å²) in [6.45, 7) is 2.22. The van der Waals surface area contributed by atoms with E-state index in [1.165, 1.54) is 16.8 Å². The summed E-state index contributed by atoms with van der Waals surface area (Å²) >= 11 is 1.66. The molecule has 0 bridgehead atoms. The molecule has 0 saturated carbocycles. The largest absolute Gasteiger partial charge is 0.309 e. The third kappa shape index (κ3) is 3.37. The van der Waals surface area contributed by atoms with Gasteiger partial charge in [0.2, 0.25) is 0 Å². The van der Waals surface area contributed by atoms with Gasteiger partial charge in [-0.3, -0.25) is 4.98 Å². The van der Waals surface area contributed by atoms with Gasteiger partial charge in [0, 0.05) is 11.6 Å². The van der Waals surface area contributed by atoms with Gasteiger partial charge in [-0.25, -0.2) is 4.99 Å². The molecule has 4 heteroatoms. The number of hydrogen-bond donors (Lipinski definition) is 0. The number of rotatable bonds is 4. The van der Waals surface area contributed by atoms with Crippen LogP contribution in [0.15, 0.2) is 95.6 Å². The standard InChI is InChI=1S/C22H19N3S/c1-17(18-9-4-2-5-10-18)25-21(19-11-6-3-7-12-19)16-26-22(25)24-20-13-8-14-23-15-20/h2-17H,1H3. The maximum atomic E-state index is 4.85. The predicted octanol–water partition coefficient (Wildman–Crippen LogP) is 5.45. The van der Waals surface area contributed by atoms with Crippen molar-refractivity contribution in [3.8, 4) is 11.3 Å².